The van der Waals surface area contributed by atoms with Crippen molar-refractivity contribution in [2.45, 2.75) is 57.7 Å². The Kier molecular flexibility index (Phi) is 4.54. The summed E-state index contributed by atoms with van der Waals surface area (Å²) in [6, 6.07) is 8.87. The summed E-state index contributed by atoms with van der Waals surface area (Å²) in [5, 5.41) is 2.74. The van der Waals surface area contributed by atoms with Crippen LogP contribution in [-0.4, -0.2) is 46.3 Å². The second kappa shape index (κ2) is 6.50. The van der Waals surface area contributed by atoms with Gasteiger partial charge >= 0.3 is 6.03 Å². The number of hydrogen-bond donors (Lipinski definition) is 1. The average Bonchev–Trinajstić information content (AvgIpc) is 2.80. The lowest BCUT2D eigenvalue weighted by Gasteiger charge is -2.39. The SMILES string of the molecule is C[C@@H]1CCC[C@H](C)N1C(=O)CN1C(=O)N[C@](C)(c2ccccc2)C1=O. The number of nitrogens with zero attached hydrogens (tertiary/aromatic N) is 2. The molecule has 0 radical (unpaired) electrons. The van der Waals surface area contributed by atoms with Gasteiger partial charge in [-0.05, 0) is 45.6 Å². The van der Waals surface area contributed by atoms with Gasteiger partial charge in [0, 0.05) is 12.1 Å². The molecule has 0 aliphatic carbocycles. The number of nitrogens with one attached hydrogen (secondary N) is 1. The fourth-order valence-corrected chi connectivity index (χ4v) is 3.94. The van der Waals surface area contributed by atoms with E-state index in [1.807, 2.05) is 36.9 Å². The van der Waals surface area contributed by atoms with Gasteiger partial charge in [-0.1, -0.05) is 30.3 Å². The number of amides is 4. The zero-order valence-electron chi connectivity index (χ0n) is 15.0. The fraction of sp³-hybridized carbons (Fsp3) is 0.526. The summed E-state index contributed by atoms with van der Waals surface area (Å²) in [5.41, 5.74) is -0.416. The second-order valence-electron chi connectivity index (χ2n) is 7.24. The van der Waals surface area contributed by atoms with E-state index >= 15 is 0 Å². The van der Waals surface area contributed by atoms with E-state index in [0.717, 1.165) is 24.2 Å². The number of carbonyl (C=O) groups excluding carboxylic acids is 3. The Hall–Kier alpha value is -2.37. The minimum absolute atomic E-state index is 0.137. The average molecular weight is 343 g/mol. The molecule has 2 heterocycles. The maximum Gasteiger partial charge on any atom is 0.325 e. The predicted molar refractivity (Wildman–Crippen MR) is 93.7 cm³/mol. The van der Waals surface area contributed by atoms with Gasteiger partial charge < -0.3 is 10.2 Å². The minimum Gasteiger partial charge on any atom is -0.336 e. The van der Waals surface area contributed by atoms with Crippen LogP contribution in [-0.2, 0) is 15.1 Å². The Morgan fingerprint density at radius 3 is 2.36 bits per heavy atom. The number of piperidine rings is 1. The van der Waals surface area contributed by atoms with Crippen molar-refractivity contribution < 1.29 is 14.4 Å². The molecule has 1 aromatic carbocycles. The lowest BCUT2D eigenvalue weighted by molar-refractivity contribution is -0.142. The molecule has 0 bridgehead atoms. The Bertz CT molecular complexity index is 680. The highest BCUT2D eigenvalue weighted by Gasteiger charge is 2.50. The molecule has 1 N–H and O–H groups in total. The van der Waals surface area contributed by atoms with E-state index in [0.29, 0.717) is 5.56 Å². The number of likely N-dealkylation sites (tertiary alicyclic amines) is 1. The van der Waals surface area contributed by atoms with E-state index < -0.39 is 11.6 Å². The van der Waals surface area contributed by atoms with Crippen molar-refractivity contribution in [1.82, 2.24) is 15.1 Å². The van der Waals surface area contributed by atoms with Crippen LogP contribution in [0.25, 0.3) is 0 Å². The normalized spacial score (nSPS) is 29.7. The van der Waals surface area contributed by atoms with Gasteiger partial charge in [0.15, 0.2) is 0 Å². The van der Waals surface area contributed by atoms with Crippen LogP contribution in [0.2, 0.25) is 0 Å². The molecular weight excluding hydrogens is 318 g/mol. The summed E-state index contributed by atoms with van der Waals surface area (Å²) in [6.45, 7) is 5.52. The van der Waals surface area contributed by atoms with Gasteiger partial charge in [-0.15, -0.1) is 0 Å². The lowest BCUT2D eigenvalue weighted by Crippen LogP contribution is -2.52. The Balaban J connectivity index is 1.78. The summed E-state index contributed by atoms with van der Waals surface area (Å²) in [4.78, 5) is 40.9. The number of urea groups is 1. The van der Waals surface area contributed by atoms with Crippen molar-refractivity contribution in [3.63, 3.8) is 0 Å². The molecule has 2 saturated heterocycles. The predicted octanol–water partition coefficient (Wildman–Crippen LogP) is 2.24. The van der Waals surface area contributed by atoms with Crippen LogP contribution in [0.5, 0.6) is 0 Å². The first-order chi connectivity index (χ1) is 11.8. The molecule has 3 rings (SSSR count). The molecule has 2 aliphatic rings. The molecule has 0 aromatic heterocycles. The van der Waals surface area contributed by atoms with Gasteiger partial charge in [0.25, 0.3) is 5.91 Å². The van der Waals surface area contributed by atoms with Crippen molar-refractivity contribution in [2.75, 3.05) is 6.54 Å². The monoisotopic (exact) mass is 343 g/mol. The summed E-state index contributed by atoms with van der Waals surface area (Å²) in [5.74, 6) is -0.546. The number of imide groups is 1. The van der Waals surface area contributed by atoms with Crippen LogP contribution < -0.4 is 5.32 Å². The largest absolute Gasteiger partial charge is 0.336 e. The number of benzene rings is 1. The third kappa shape index (κ3) is 3.01. The molecule has 0 unspecified atom stereocenters. The maximum absolute atomic E-state index is 12.9. The molecule has 0 saturated carbocycles. The van der Waals surface area contributed by atoms with E-state index in [2.05, 4.69) is 5.32 Å². The zero-order valence-corrected chi connectivity index (χ0v) is 15.0. The Labute approximate surface area is 148 Å². The highest BCUT2D eigenvalue weighted by molar-refractivity contribution is 6.09. The van der Waals surface area contributed by atoms with Gasteiger partial charge in [0.1, 0.15) is 12.1 Å². The van der Waals surface area contributed by atoms with Crippen molar-refractivity contribution in [3.8, 4) is 0 Å². The van der Waals surface area contributed by atoms with E-state index in [4.69, 9.17) is 0 Å². The topological polar surface area (TPSA) is 69.7 Å². The molecule has 0 spiro atoms. The van der Waals surface area contributed by atoms with Crippen molar-refractivity contribution >= 4 is 17.8 Å². The first-order valence-corrected chi connectivity index (χ1v) is 8.85. The first kappa shape index (κ1) is 17.5. The highest BCUT2D eigenvalue weighted by Crippen LogP contribution is 2.29. The van der Waals surface area contributed by atoms with Crippen LogP contribution >= 0.6 is 0 Å². The van der Waals surface area contributed by atoms with E-state index in [9.17, 15) is 14.4 Å². The quantitative estimate of drug-likeness (QED) is 0.856. The van der Waals surface area contributed by atoms with Crippen LogP contribution in [0.1, 0.15) is 45.6 Å². The molecule has 2 fully saturated rings. The van der Waals surface area contributed by atoms with Crippen LogP contribution in [0.3, 0.4) is 0 Å². The number of rotatable bonds is 3. The summed E-state index contributed by atoms with van der Waals surface area (Å²) >= 11 is 0. The molecule has 6 nitrogen and oxygen atoms in total. The zero-order chi connectivity index (χ0) is 18.2. The minimum atomic E-state index is -1.13. The van der Waals surface area contributed by atoms with Crippen molar-refractivity contribution in [2.24, 2.45) is 0 Å². The van der Waals surface area contributed by atoms with Crippen molar-refractivity contribution in [3.05, 3.63) is 35.9 Å². The Morgan fingerprint density at radius 1 is 1.16 bits per heavy atom. The first-order valence-electron chi connectivity index (χ1n) is 8.85. The lowest BCUT2D eigenvalue weighted by atomic mass is 9.92. The molecule has 6 heteroatoms. The van der Waals surface area contributed by atoms with Crippen LogP contribution in [0, 0.1) is 0 Å². The van der Waals surface area contributed by atoms with Gasteiger partial charge in [-0.25, -0.2) is 4.79 Å². The van der Waals surface area contributed by atoms with Crippen LogP contribution in [0.4, 0.5) is 4.79 Å². The highest BCUT2D eigenvalue weighted by atomic mass is 16.2. The Morgan fingerprint density at radius 2 is 1.76 bits per heavy atom. The maximum atomic E-state index is 12.9. The fourth-order valence-electron chi connectivity index (χ4n) is 3.94. The third-order valence-electron chi connectivity index (χ3n) is 5.40. The van der Waals surface area contributed by atoms with Crippen molar-refractivity contribution in [1.29, 1.82) is 0 Å². The number of hydrogen-bond acceptors (Lipinski definition) is 3. The van der Waals surface area contributed by atoms with Gasteiger partial charge in [0.2, 0.25) is 5.91 Å². The van der Waals surface area contributed by atoms with E-state index in [-0.39, 0.29) is 30.4 Å². The van der Waals surface area contributed by atoms with Crippen LogP contribution in [0.15, 0.2) is 30.3 Å². The molecule has 4 amide bonds. The molecule has 1 aromatic rings. The summed E-state index contributed by atoms with van der Waals surface area (Å²) in [7, 11) is 0. The second-order valence-corrected chi connectivity index (χ2v) is 7.24. The number of carbonyl (C=O) groups is 3. The van der Waals surface area contributed by atoms with Gasteiger partial charge in [0.05, 0.1) is 0 Å². The molecule has 25 heavy (non-hydrogen) atoms. The van der Waals surface area contributed by atoms with Gasteiger partial charge in [-0.2, -0.15) is 0 Å². The molecule has 2 aliphatic heterocycles. The summed E-state index contributed by atoms with van der Waals surface area (Å²) < 4.78 is 0. The van der Waals surface area contributed by atoms with Gasteiger partial charge in [-0.3, -0.25) is 14.5 Å². The molecular formula is C19H25N3O3. The third-order valence-corrected chi connectivity index (χ3v) is 5.40. The summed E-state index contributed by atoms with van der Waals surface area (Å²) in [6.07, 6.45) is 3.01. The smallest absolute Gasteiger partial charge is 0.325 e. The van der Waals surface area contributed by atoms with E-state index in [1.165, 1.54) is 0 Å². The molecule has 3 atom stereocenters. The molecule has 134 valence electrons. The standard InChI is InChI=1S/C19H25N3O3/c1-13-8-7-9-14(2)22(13)16(23)12-21-17(24)19(3,20-18(21)25)15-10-5-4-6-11-15/h4-6,10-11,13-14H,7-9,12H2,1-3H3,(H,20,25)/t13-,14+,19-/m1/s1. The van der Waals surface area contributed by atoms with E-state index in [1.54, 1.807) is 19.1 Å².